The first-order valence-corrected chi connectivity index (χ1v) is 6.43. The Bertz CT molecular complexity index is 539. The lowest BCUT2D eigenvalue weighted by molar-refractivity contribution is -0.132. The van der Waals surface area contributed by atoms with Crippen LogP contribution in [0.25, 0.3) is 6.08 Å². The molecule has 1 amide bonds. The van der Waals surface area contributed by atoms with Crippen molar-refractivity contribution in [3.05, 3.63) is 29.8 Å². The van der Waals surface area contributed by atoms with Gasteiger partial charge < -0.3 is 19.5 Å². The van der Waals surface area contributed by atoms with Gasteiger partial charge in [-0.25, -0.2) is 4.79 Å². The fraction of sp³-hybridized carbons (Fsp3) is 0.333. The number of amides is 1. The molecular formula is C15H19NO5. The van der Waals surface area contributed by atoms with E-state index in [1.807, 2.05) is 6.92 Å². The Morgan fingerprint density at radius 3 is 2.67 bits per heavy atom. The molecule has 0 saturated heterocycles. The highest BCUT2D eigenvalue weighted by atomic mass is 16.5. The number of methoxy groups -OCH3 is 1. The van der Waals surface area contributed by atoms with Crippen LogP contribution in [0.3, 0.4) is 0 Å². The number of benzene rings is 1. The SMILES string of the molecule is CCN(C)C(=O)COc1cc(OC)ccc1/C=C/C(=O)O. The number of carbonyl (C=O) groups is 2. The molecule has 0 aliphatic heterocycles. The number of carboxylic acids is 1. The highest BCUT2D eigenvalue weighted by molar-refractivity contribution is 5.86. The zero-order valence-corrected chi connectivity index (χ0v) is 12.3. The smallest absolute Gasteiger partial charge is 0.328 e. The molecule has 1 rings (SSSR count). The van der Waals surface area contributed by atoms with E-state index in [1.165, 1.54) is 18.1 Å². The highest BCUT2D eigenvalue weighted by Crippen LogP contribution is 2.26. The minimum Gasteiger partial charge on any atom is -0.497 e. The van der Waals surface area contributed by atoms with Gasteiger partial charge in [0.25, 0.3) is 5.91 Å². The third-order valence-electron chi connectivity index (χ3n) is 2.88. The average molecular weight is 293 g/mol. The summed E-state index contributed by atoms with van der Waals surface area (Å²) in [6.07, 6.45) is 2.42. The fourth-order valence-electron chi connectivity index (χ4n) is 1.49. The van der Waals surface area contributed by atoms with Gasteiger partial charge in [-0.1, -0.05) is 0 Å². The van der Waals surface area contributed by atoms with Crippen LogP contribution in [-0.4, -0.2) is 49.2 Å². The number of rotatable bonds is 7. The van der Waals surface area contributed by atoms with Crippen LogP contribution in [0.2, 0.25) is 0 Å². The molecule has 21 heavy (non-hydrogen) atoms. The van der Waals surface area contributed by atoms with Gasteiger partial charge in [-0.3, -0.25) is 4.79 Å². The first-order chi connectivity index (χ1) is 9.97. The number of ether oxygens (including phenoxy) is 2. The predicted octanol–water partition coefficient (Wildman–Crippen LogP) is 1.65. The van der Waals surface area contributed by atoms with Crippen molar-refractivity contribution in [2.45, 2.75) is 6.92 Å². The van der Waals surface area contributed by atoms with E-state index in [4.69, 9.17) is 14.6 Å². The van der Waals surface area contributed by atoms with Crippen molar-refractivity contribution < 1.29 is 24.2 Å². The van der Waals surface area contributed by atoms with Gasteiger partial charge in [0.2, 0.25) is 0 Å². The van der Waals surface area contributed by atoms with Crippen LogP contribution >= 0.6 is 0 Å². The lowest BCUT2D eigenvalue weighted by Crippen LogP contribution is -2.31. The molecule has 0 bridgehead atoms. The van der Waals surface area contributed by atoms with Gasteiger partial charge >= 0.3 is 5.97 Å². The van der Waals surface area contributed by atoms with Crippen molar-refractivity contribution in [3.8, 4) is 11.5 Å². The van der Waals surface area contributed by atoms with E-state index in [-0.39, 0.29) is 12.5 Å². The molecule has 0 spiro atoms. The summed E-state index contributed by atoms with van der Waals surface area (Å²) in [6.45, 7) is 2.34. The average Bonchev–Trinajstić information content (AvgIpc) is 2.49. The molecule has 0 aliphatic carbocycles. The van der Waals surface area contributed by atoms with Gasteiger partial charge in [0.15, 0.2) is 6.61 Å². The maximum atomic E-state index is 11.7. The molecular weight excluding hydrogens is 274 g/mol. The number of hydrogen-bond donors (Lipinski definition) is 1. The van der Waals surface area contributed by atoms with E-state index >= 15 is 0 Å². The summed E-state index contributed by atoms with van der Waals surface area (Å²) in [5.74, 6) is -0.259. The third-order valence-corrected chi connectivity index (χ3v) is 2.88. The van der Waals surface area contributed by atoms with Crippen molar-refractivity contribution in [1.82, 2.24) is 4.90 Å². The Labute approximate surface area is 123 Å². The van der Waals surface area contributed by atoms with Crippen LogP contribution in [0.5, 0.6) is 11.5 Å². The number of hydrogen-bond acceptors (Lipinski definition) is 4. The normalized spacial score (nSPS) is 10.4. The van der Waals surface area contributed by atoms with Crippen molar-refractivity contribution in [1.29, 1.82) is 0 Å². The van der Waals surface area contributed by atoms with Crippen LogP contribution in [0, 0.1) is 0 Å². The zero-order chi connectivity index (χ0) is 15.8. The van der Waals surface area contributed by atoms with Crippen LogP contribution in [0.1, 0.15) is 12.5 Å². The Morgan fingerprint density at radius 1 is 1.38 bits per heavy atom. The summed E-state index contributed by atoms with van der Waals surface area (Å²) in [7, 11) is 3.20. The Balaban J connectivity index is 2.91. The monoisotopic (exact) mass is 293 g/mol. The fourth-order valence-corrected chi connectivity index (χ4v) is 1.49. The van der Waals surface area contributed by atoms with Crippen LogP contribution in [-0.2, 0) is 9.59 Å². The van der Waals surface area contributed by atoms with E-state index in [9.17, 15) is 9.59 Å². The maximum absolute atomic E-state index is 11.7. The van der Waals surface area contributed by atoms with Gasteiger partial charge in [-0.05, 0) is 25.1 Å². The number of nitrogens with zero attached hydrogens (tertiary/aromatic N) is 1. The second kappa shape index (κ2) is 7.94. The second-order valence-electron chi connectivity index (χ2n) is 4.27. The van der Waals surface area contributed by atoms with Gasteiger partial charge in [0.1, 0.15) is 11.5 Å². The molecule has 1 aromatic rings. The molecule has 1 N–H and O–H groups in total. The molecule has 0 aliphatic rings. The standard InChI is InChI=1S/C15H19NO5/c1-4-16(2)14(17)10-21-13-9-12(20-3)7-5-11(13)6-8-15(18)19/h5-9H,4,10H2,1-3H3,(H,18,19)/b8-6+. The molecule has 1 aromatic carbocycles. The lowest BCUT2D eigenvalue weighted by atomic mass is 10.1. The lowest BCUT2D eigenvalue weighted by Gasteiger charge is -2.16. The summed E-state index contributed by atoms with van der Waals surface area (Å²) < 4.78 is 10.6. The summed E-state index contributed by atoms with van der Waals surface area (Å²) in [5, 5.41) is 8.68. The molecule has 0 aromatic heterocycles. The molecule has 6 heteroatoms. The first kappa shape index (κ1) is 16.6. The summed E-state index contributed by atoms with van der Waals surface area (Å²) in [4.78, 5) is 23.9. The van der Waals surface area contributed by atoms with Crippen molar-refractivity contribution in [2.75, 3.05) is 27.3 Å². The van der Waals surface area contributed by atoms with E-state index in [1.54, 1.807) is 25.2 Å². The topological polar surface area (TPSA) is 76.1 Å². The first-order valence-electron chi connectivity index (χ1n) is 6.43. The van der Waals surface area contributed by atoms with Gasteiger partial charge in [-0.15, -0.1) is 0 Å². The van der Waals surface area contributed by atoms with E-state index < -0.39 is 5.97 Å². The molecule has 0 saturated carbocycles. The Morgan fingerprint density at radius 2 is 2.10 bits per heavy atom. The highest BCUT2D eigenvalue weighted by Gasteiger charge is 2.10. The molecule has 0 heterocycles. The van der Waals surface area contributed by atoms with Crippen LogP contribution < -0.4 is 9.47 Å². The van der Waals surface area contributed by atoms with Crippen molar-refractivity contribution in [2.24, 2.45) is 0 Å². The number of carboxylic acid groups (broad SMARTS) is 1. The molecule has 0 radical (unpaired) electrons. The minimum absolute atomic E-state index is 0.120. The number of likely N-dealkylation sites (N-methyl/N-ethyl adjacent to an activating group) is 1. The third kappa shape index (κ3) is 5.18. The number of carbonyl (C=O) groups excluding carboxylic acids is 1. The number of aliphatic carboxylic acids is 1. The quantitative estimate of drug-likeness (QED) is 0.774. The van der Waals surface area contributed by atoms with Crippen LogP contribution in [0.15, 0.2) is 24.3 Å². The summed E-state index contributed by atoms with van der Waals surface area (Å²) in [5.41, 5.74) is 0.560. The van der Waals surface area contributed by atoms with Crippen molar-refractivity contribution >= 4 is 18.0 Å². The van der Waals surface area contributed by atoms with Gasteiger partial charge in [-0.2, -0.15) is 0 Å². The zero-order valence-electron chi connectivity index (χ0n) is 12.3. The Hall–Kier alpha value is -2.50. The van der Waals surface area contributed by atoms with Crippen LogP contribution in [0.4, 0.5) is 0 Å². The Kier molecular flexibility index (Phi) is 6.26. The molecule has 0 fully saturated rings. The van der Waals surface area contributed by atoms with Gasteiger partial charge in [0.05, 0.1) is 7.11 Å². The van der Waals surface area contributed by atoms with Crippen molar-refractivity contribution in [3.63, 3.8) is 0 Å². The second-order valence-corrected chi connectivity index (χ2v) is 4.27. The van der Waals surface area contributed by atoms with Gasteiger partial charge in [0, 0.05) is 31.3 Å². The predicted molar refractivity (Wildman–Crippen MR) is 78.5 cm³/mol. The molecule has 0 atom stereocenters. The largest absolute Gasteiger partial charge is 0.497 e. The minimum atomic E-state index is -1.06. The van der Waals surface area contributed by atoms with E-state index in [0.29, 0.717) is 23.6 Å². The molecule has 0 unspecified atom stereocenters. The van der Waals surface area contributed by atoms with E-state index in [0.717, 1.165) is 6.08 Å². The summed E-state index contributed by atoms with van der Waals surface area (Å²) in [6, 6.07) is 4.97. The molecule has 114 valence electrons. The van der Waals surface area contributed by atoms with E-state index in [2.05, 4.69) is 0 Å². The maximum Gasteiger partial charge on any atom is 0.328 e. The summed E-state index contributed by atoms with van der Waals surface area (Å²) >= 11 is 0. The molecule has 6 nitrogen and oxygen atoms in total.